The van der Waals surface area contributed by atoms with Crippen molar-refractivity contribution in [1.29, 1.82) is 0 Å². The average molecular weight is 1180 g/mol. The number of halogens is 6. The predicted molar refractivity (Wildman–Crippen MR) is 285 cm³/mol. The van der Waals surface area contributed by atoms with E-state index in [1.165, 1.54) is 109 Å². The van der Waals surface area contributed by atoms with Crippen molar-refractivity contribution in [2.75, 3.05) is 0 Å². The fraction of sp³-hybridized carbons (Fsp3) is 0.185. The molecule has 0 heterocycles. The Labute approximate surface area is 438 Å². The van der Waals surface area contributed by atoms with Gasteiger partial charge in [-0.1, -0.05) is 190 Å². The van der Waals surface area contributed by atoms with Crippen LogP contribution in [0.2, 0.25) is 0 Å². The topological polar surface area (TPSA) is 172 Å². The summed E-state index contributed by atoms with van der Waals surface area (Å²) in [6, 6.07) is 56.6. The van der Waals surface area contributed by atoms with E-state index in [-0.39, 0.29) is 31.4 Å². The van der Waals surface area contributed by atoms with E-state index in [4.69, 9.17) is 25.9 Å². The molecule has 8 nitrogen and oxygen atoms in total. The predicted octanol–water partition coefficient (Wildman–Crippen LogP) is 10.8. The Hall–Kier alpha value is -4.88. The molecular weight excluding hydrogens is 1120 g/mol. The molecule has 6 N–H and O–H groups in total. The second-order valence-corrected chi connectivity index (χ2v) is 24.5. The first-order valence-corrected chi connectivity index (χ1v) is 27.1. The molecule has 0 unspecified atom stereocenters. The van der Waals surface area contributed by atoms with Crippen LogP contribution in [0.3, 0.4) is 0 Å². The molecular formula is C54H54F6O8P2PdS2. The van der Waals surface area contributed by atoms with Gasteiger partial charge in [-0.3, -0.25) is 9.11 Å². The van der Waals surface area contributed by atoms with Crippen LogP contribution in [0, 0.1) is 55.4 Å². The Bertz CT molecular complexity index is 3090. The second kappa shape index (κ2) is 24.6. The van der Waals surface area contributed by atoms with Crippen LogP contribution in [-0.2, 0) is 40.7 Å². The molecule has 0 aliphatic carbocycles. The van der Waals surface area contributed by atoms with Gasteiger partial charge in [0.05, 0.1) is 0 Å². The first-order valence-electron chi connectivity index (χ1n) is 21.6. The van der Waals surface area contributed by atoms with E-state index >= 15 is 0 Å². The van der Waals surface area contributed by atoms with Crippen LogP contribution in [0.4, 0.5) is 26.3 Å². The zero-order chi connectivity index (χ0) is 51.7. The maximum absolute atomic E-state index is 10.7. The van der Waals surface area contributed by atoms with Crippen molar-refractivity contribution in [3.63, 3.8) is 0 Å². The molecule has 0 radical (unpaired) electrons. The number of hydrogen-bond acceptors (Lipinski definition) is 4. The van der Waals surface area contributed by atoms with E-state index in [1.54, 1.807) is 0 Å². The number of rotatable bonds is 7. The van der Waals surface area contributed by atoms with E-state index in [2.05, 4.69) is 201 Å². The monoisotopic (exact) mass is 1180 g/mol. The summed E-state index contributed by atoms with van der Waals surface area (Å²) < 4.78 is 115. The Morgan fingerprint density at radius 1 is 0.370 bits per heavy atom. The molecule has 19 heteroatoms. The third kappa shape index (κ3) is 15.1. The minimum atomic E-state index is -5.84. The molecule has 0 aliphatic heterocycles. The summed E-state index contributed by atoms with van der Waals surface area (Å²) in [5, 5.41) is 13.6. The van der Waals surface area contributed by atoms with E-state index in [9.17, 15) is 26.3 Å². The summed E-state index contributed by atoms with van der Waals surface area (Å²) in [6.07, 6.45) is 0. The summed E-state index contributed by atoms with van der Waals surface area (Å²) in [5.41, 5.74) is 2.13. The maximum Gasteiger partial charge on any atom is 0.522 e. The van der Waals surface area contributed by atoms with Crippen LogP contribution in [0.5, 0.6) is 0 Å². The number of fused-ring (bicyclic) bond motifs is 2. The molecule has 73 heavy (non-hydrogen) atoms. The zero-order valence-corrected chi connectivity index (χ0v) is 45.7. The summed E-state index contributed by atoms with van der Waals surface area (Å²) in [5.74, 6) is 0. The SMILES string of the molecule is Cc1cc(C)cc(P(c2cc(C)cc(C)c2)c2ccc3ccccc3c2-c2c(P(c3cc(C)cc(C)c3)c3cc(C)cc(C)c3)ccc3ccccc23)c1.O.O.O=S(=O)(O)C(F)(F)F.O=S(=O)(O)C(F)(F)F.[Pd]. The normalized spacial score (nSPS) is 11.7. The Kier molecular flexibility index (Phi) is 21.1. The van der Waals surface area contributed by atoms with Crippen LogP contribution in [0.25, 0.3) is 32.7 Å². The van der Waals surface area contributed by atoms with Crippen LogP contribution in [0.1, 0.15) is 44.5 Å². The van der Waals surface area contributed by atoms with Gasteiger partial charge in [-0.15, -0.1) is 0 Å². The molecule has 0 fully saturated rings. The smallest absolute Gasteiger partial charge is 0.412 e. The molecule has 0 saturated heterocycles. The van der Waals surface area contributed by atoms with E-state index in [0.717, 1.165) is 0 Å². The largest absolute Gasteiger partial charge is 0.522 e. The van der Waals surface area contributed by atoms with E-state index < -0.39 is 47.1 Å². The van der Waals surface area contributed by atoms with Crippen LogP contribution >= 0.6 is 15.8 Å². The molecule has 0 amide bonds. The van der Waals surface area contributed by atoms with E-state index in [0.29, 0.717) is 0 Å². The van der Waals surface area contributed by atoms with Crippen LogP contribution in [0.15, 0.2) is 146 Å². The van der Waals surface area contributed by atoms with Crippen molar-refractivity contribution < 1.29 is 83.7 Å². The average Bonchev–Trinajstić information content (AvgIpc) is 3.22. The van der Waals surface area contributed by atoms with Gasteiger partial charge in [0.25, 0.3) is 0 Å². The number of alkyl halides is 6. The summed E-state index contributed by atoms with van der Waals surface area (Å²) >= 11 is 0. The van der Waals surface area contributed by atoms with Crippen LogP contribution < -0.4 is 31.8 Å². The Morgan fingerprint density at radius 2 is 0.575 bits per heavy atom. The van der Waals surface area contributed by atoms with Crippen molar-refractivity contribution in [1.82, 2.24) is 0 Å². The van der Waals surface area contributed by atoms with Gasteiger partial charge in [0.1, 0.15) is 0 Å². The molecule has 0 aromatic heterocycles. The molecule has 0 bridgehead atoms. The standard InChI is InChI=1S/C52H48P2.2CHF3O3S.2H2O.Pd/c1-33-21-34(2)26-43(25-33)53(44-27-35(3)22-36(4)28-44)49-19-17-41-13-9-11-15-47(41)51(49)52-48-16-12-10-14-42(48)18-20-50(52)54(45-29-37(5)23-38(6)30-45)46-31-39(7)24-40(8)32-46;2*2-1(3,4)8(5,6)7;;;/h9-32H,1-8H3;2*(H,5,6,7);2*1H2;. The fourth-order valence-corrected chi connectivity index (χ4v) is 14.3. The molecule has 392 valence electrons. The van der Waals surface area contributed by atoms with Gasteiger partial charge in [0.2, 0.25) is 0 Å². The number of hydrogen-bond donors (Lipinski definition) is 2. The van der Waals surface area contributed by atoms with Gasteiger partial charge in [0.15, 0.2) is 0 Å². The summed E-state index contributed by atoms with van der Waals surface area (Å²) in [7, 11) is -13.6. The second-order valence-electron chi connectivity index (χ2n) is 17.3. The Balaban J connectivity index is 0.000000642. The van der Waals surface area contributed by atoms with Gasteiger partial charge < -0.3 is 11.0 Å². The maximum atomic E-state index is 10.7. The summed E-state index contributed by atoms with van der Waals surface area (Å²) in [6.45, 7) is 18.0. The number of aryl methyl sites for hydroxylation is 8. The van der Waals surface area contributed by atoms with Gasteiger partial charge in [-0.2, -0.15) is 43.2 Å². The van der Waals surface area contributed by atoms with E-state index in [1.807, 2.05) is 0 Å². The van der Waals surface area contributed by atoms with Gasteiger partial charge >= 0.3 is 31.3 Å². The quantitative estimate of drug-likeness (QED) is 0.0529. The third-order valence-corrected chi connectivity index (χ3v) is 17.0. The molecule has 0 spiro atoms. The molecule has 8 rings (SSSR count). The Morgan fingerprint density at radius 3 is 0.781 bits per heavy atom. The molecule has 8 aromatic carbocycles. The third-order valence-electron chi connectivity index (χ3n) is 11.0. The first kappa shape index (κ1) is 62.4. The van der Waals surface area contributed by atoms with Crippen molar-refractivity contribution in [3.8, 4) is 11.1 Å². The van der Waals surface area contributed by atoms with Crippen molar-refractivity contribution in [2.45, 2.75) is 66.4 Å². The van der Waals surface area contributed by atoms with Crippen molar-refractivity contribution in [2.24, 2.45) is 0 Å². The van der Waals surface area contributed by atoms with Gasteiger partial charge in [0, 0.05) is 20.4 Å². The van der Waals surface area contributed by atoms with Crippen molar-refractivity contribution >= 4 is 89.5 Å². The number of benzene rings is 8. The van der Waals surface area contributed by atoms with Crippen LogP contribution in [-0.4, -0.2) is 47.9 Å². The van der Waals surface area contributed by atoms with Gasteiger partial charge in [-0.05, 0) is 136 Å². The fourth-order valence-electron chi connectivity index (χ4n) is 8.59. The minimum Gasteiger partial charge on any atom is -0.412 e. The molecule has 0 atom stereocenters. The first-order chi connectivity index (χ1) is 32.5. The minimum absolute atomic E-state index is 0. The molecule has 0 saturated carbocycles. The zero-order valence-electron chi connectivity index (χ0n) is 40.7. The molecule has 8 aromatic rings. The van der Waals surface area contributed by atoms with Crippen molar-refractivity contribution in [3.05, 3.63) is 190 Å². The van der Waals surface area contributed by atoms with Gasteiger partial charge in [-0.25, -0.2) is 0 Å². The molecule has 0 aliphatic rings. The summed E-state index contributed by atoms with van der Waals surface area (Å²) in [4.78, 5) is 0.